The number of hydrogen-bond acceptors (Lipinski definition) is 6. The number of methoxy groups -OCH3 is 1. The van der Waals surface area contributed by atoms with E-state index in [2.05, 4.69) is 10.4 Å². The Morgan fingerprint density at radius 1 is 1.25 bits per heavy atom. The molecule has 1 unspecified atom stereocenters. The highest BCUT2D eigenvalue weighted by molar-refractivity contribution is 7.99. The lowest BCUT2D eigenvalue weighted by molar-refractivity contribution is -0.116. The lowest BCUT2D eigenvalue weighted by Crippen LogP contribution is -2.27. The predicted molar refractivity (Wildman–Crippen MR) is 124 cm³/mol. The number of aryl methyl sites for hydroxylation is 1. The summed E-state index contributed by atoms with van der Waals surface area (Å²) in [4.78, 5) is 30.6. The molecule has 0 spiro atoms. The Bertz CT molecular complexity index is 1380. The van der Waals surface area contributed by atoms with Crippen molar-refractivity contribution in [3.05, 3.63) is 70.6 Å². The van der Waals surface area contributed by atoms with Crippen LogP contribution in [0.25, 0.3) is 16.7 Å². The van der Waals surface area contributed by atoms with Crippen LogP contribution in [-0.4, -0.2) is 38.1 Å². The number of carbonyl (C=O) groups excluding carboxylic acids is 1. The Labute approximate surface area is 188 Å². The van der Waals surface area contributed by atoms with Gasteiger partial charge in [0, 0.05) is 17.9 Å². The SMILES string of the molecule is COc1ccc(NC(=O)CC2CSc3nc4c(cnn4-c4cccc(C)c4)c(=O)n32)cc1. The van der Waals surface area contributed by atoms with Gasteiger partial charge in [0.2, 0.25) is 5.91 Å². The molecule has 1 atom stereocenters. The van der Waals surface area contributed by atoms with Gasteiger partial charge in [0.15, 0.2) is 10.8 Å². The molecule has 0 radical (unpaired) electrons. The number of benzene rings is 2. The van der Waals surface area contributed by atoms with Crippen LogP contribution in [0, 0.1) is 6.92 Å². The zero-order valence-corrected chi connectivity index (χ0v) is 18.4. The van der Waals surface area contributed by atoms with E-state index in [1.807, 2.05) is 31.2 Å². The van der Waals surface area contributed by atoms with Crippen LogP contribution in [0.2, 0.25) is 0 Å². The standard InChI is InChI=1S/C23H21N5O3S/c1-14-4-3-5-16(10-14)28-21-19(12-24-28)22(30)27-17(13-32-23(27)26-21)11-20(29)25-15-6-8-18(31-2)9-7-15/h3-10,12,17H,11,13H2,1-2H3,(H,25,29). The van der Waals surface area contributed by atoms with Crippen LogP contribution >= 0.6 is 11.8 Å². The summed E-state index contributed by atoms with van der Waals surface area (Å²) < 4.78 is 8.45. The molecule has 0 aliphatic carbocycles. The number of amides is 1. The molecule has 2 aromatic heterocycles. The van der Waals surface area contributed by atoms with Gasteiger partial charge < -0.3 is 10.1 Å². The van der Waals surface area contributed by atoms with E-state index in [9.17, 15) is 9.59 Å². The average molecular weight is 448 g/mol. The molecule has 1 N–H and O–H groups in total. The van der Waals surface area contributed by atoms with Crippen molar-refractivity contribution in [2.75, 3.05) is 18.2 Å². The molecule has 5 rings (SSSR count). The molecule has 3 heterocycles. The minimum absolute atomic E-state index is 0.156. The quantitative estimate of drug-likeness (QED) is 0.470. The molecule has 0 fully saturated rings. The normalized spacial score (nSPS) is 15.0. The third kappa shape index (κ3) is 3.64. The molecule has 4 aromatic rings. The number of fused-ring (bicyclic) bond motifs is 2. The fourth-order valence-electron chi connectivity index (χ4n) is 3.83. The van der Waals surface area contributed by atoms with Crippen LogP contribution in [-0.2, 0) is 4.79 Å². The van der Waals surface area contributed by atoms with Gasteiger partial charge in [0.25, 0.3) is 5.56 Å². The zero-order valence-electron chi connectivity index (χ0n) is 17.6. The van der Waals surface area contributed by atoms with E-state index in [0.717, 1.165) is 17.0 Å². The maximum Gasteiger partial charge on any atom is 0.265 e. The molecule has 0 bridgehead atoms. The van der Waals surface area contributed by atoms with Crippen molar-refractivity contribution in [1.29, 1.82) is 0 Å². The lowest BCUT2D eigenvalue weighted by Gasteiger charge is -2.13. The van der Waals surface area contributed by atoms with Gasteiger partial charge in [-0.1, -0.05) is 23.9 Å². The molecular weight excluding hydrogens is 426 g/mol. The van der Waals surface area contributed by atoms with Gasteiger partial charge in [-0.3, -0.25) is 14.2 Å². The predicted octanol–water partition coefficient (Wildman–Crippen LogP) is 3.57. The Morgan fingerprint density at radius 3 is 2.81 bits per heavy atom. The minimum atomic E-state index is -0.264. The third-order valence-corrected chi connectivity index (χ3v) is 6.51. The second-order valence-electron chi connectivity index (χ2n) is 7.65. The number of thioether (sulfide) groups is 1. The molecular formula is C23H21N5O3S. The third-order valence-electron chi connectivity index (χ3n) is 5.41. The van der Waals surface area contributed by atoms with Gasteiger partial charge in [-0.25, -0.2) is 9.67 Å². The summed E-state index contributed by atoms with van der Waals surface area (Å²) in [5.41, 5.74) is 3.00. The summed E-state index contributed by atoms with van der Waals surface area (Å²) in [5, 5.41) is 8.34. The number of nitrogens with zero attached hydrogens (tertiary/aromatic N) is 4. The van der Waals surface area contributed by atoms with Crippen LogP contribution in [0.3, 0.4) is 0 Å². The van der Waals surface area contributed by atoms with E-state index in [-0.39, 0.29) is 23.9 Å². The van der Waals surface area contributed by atoms with Crippen LogP contribution in [0.5, 0.6) is 5.75 Å². The number of aromatic nitrogens is 4. The molecule has 1 aliphatic rings. The molecule has 0 saturated heterocycles. The summed E-state index contributed by atoms with van der Waals surface area (Å²) in [6.45, 7) is 2.01. The number of nitrogens with one attached hydrogen (secondary N) is 1. The van der Waals surface area contributed by atoms with Crippen molar-refractivity contribution in [2.45, 2.75) is 24.5 Å². The first-order valence-electron chi connectivity index (χ1n) is 10.2. The fourth-order valence-corrected chi connectivity index (χ4v) is 4.96. The largest absolute Gasteiger partial charge is 0.497 e. The number of anilines is 1. The van der Waals surface area contributed by atoms with E-state index in [0.29, 0.717) is 27.6 Å². The van der Waals surface area contributed by atoms with Gasteiger partial charge in [-0.05, 0) is 48.9 Å². The molecule has 2 aromatic carbocycles. The van der Waals surface area contributed by atoms with Crippen molar-refractivity contribution < 1.29 is 9.53 Å². The maximum absolute atomic E-state index is 13.3. The van der Waals surface area contributed by atoms with Gasteiger partial charge in [0.05, 0.1) is 25.0 Å². The topological polar surface area (TPSA) is 91.0 Å². The highest BCUT2D eigenvalue weighted by Crippen LogP contribution is 2.33. The molecule has 9 heteroatoms. The Morgan fingerprint density at radius 2 is 2.06 bits per heavy atom. The molecule has 8 nitrogen and oxygen atoms in total. The van der Waals surface area contributed by atoms with Crippen LogP contribution in [0.4, 0.5) is 5.69 Å². The van der Waals surface area contributed by atoms with E-state index < -0.39 is 0 Å². The molecule has 1 aliphatic heterocycles. The highest BCUT2D eigenvalue weighted by Gasteiger charge is 2.29. The number of rotatable bonds is 5. The van der Waals surface area contributed by atoms with Crippen LogP contribution in [0.1, 0.15) is 18.0 Å². The van der Waals surface area contributed by atoms with E-state index >= 15 is 0 Å². The van der Waals surface area contributed by atoms with Crippen LogP contribution in [0.15, 0.2) is 64.7 Å². The van der Waals surface area contributed by atoms with Crippen molar-refractivity contribution in [3.8, 4) is 11.4 Å². The van der Waals surface area contributed by atoms with Crippen LogP contribution < -0.4 is 15.6 Å². The van der Waals surface area contributed by atoms with E-state index in [1.165, 1.54) is 11.8 Å². The van der Waals surface area contributed by atoms with Crippen molar-refractivity contribution in [1.82, 2.24) is 19.3 Å². The molecule has 162 valence electrons. The fraction of sp³-hybridized carbons (Fsp3) is 0.217. The van der Waals surface area contributed by atoms with E-state index in [1.54, 1.807) is 46.8 Å². The number of carbonyl (C=O) groups is 1. The van der Waals surface area contributed by atoms with Gasteiger partial charge in [-0.15, -0.1) is 0 Å². The van der Waals surface area contributed by atoms with Crippen molar-refractivity contribution in [2.24, 2.45) is 0 Å². The average Bonchev–Trinajstić information content (AvgIpc) is 3.39. The summed E-state index contributed by atoms with van der Waals surface area (Å²) in [6.07, 6.45) is 1.74. The number of hydrogen-bond donors (Lipinski definition) is 1. The summed E-state index contributed by atoms with van der Waals surface area (Å²) in [7, 11) is 1.59. The smallest absolute Gasteiger partial charge is 0.265 e. The molecule has 1 amide bonds. The Hall–Kier alpha value is -3.59. The first kappa shape index (κ1) is 20.3. The Balaban J connectivity index is 1.42. The summed E-state index contributed by atoms with van der Waals surface area (Å²) in [6, 6.07) is 14.8. The van der Waals surface area contributed by atoms with E-state index in [4.69, 9.17) is 9.72 Å². The van der Waals surface area contributed by atoms with Crippen molar-refractivity contribution >= 4 is 34.4 Å². The van der Waals surface area contributed by atoms with Gasteiger partial charge >= 0.3 is 0 Å². The minimum Gasteiger partial charge on any atom is -0.497 e. The second-order valence-corrected chi connectivity index (χ2v) is 8.63. The molecule has 32 heavy (non-hydrogen) atoms. The first-order valence-corrected chi connectivity index (χ1v) is 11.2. The molecule has 0 saturated carbocycles. The maximum atomic E-state index is 13.3. The van der Waals surface area contributed by atoms with Gasteiger partial charge in [0.1, 0.15) is 11.1 Å². The highest BCUT2D eigenvalue weighted by atomic mass is 32.2. The lowest BCUT2D eigenvalue weighted by atomic mass is 10.2. The second kappa shape index (κ2) is 8.16. The van der Waals surface area contributed by atoms with Gasteiger partial charge in [-0.2, -0.15) is 5.10 Å². The zero-order chi connectivity index (χ0) is 22.2. The van der Waals surface area contributed by atoms with Crippen molar-refractivity contribution in [3.63, 3.8) is 0 Å². The Kier molecular flexibility index (Phi) is 5.18. The summed E-state index contributed by atoms with van der Waals surface area (Å²) >= 11 is 1.48. The summed E-state index contributed by atoms with van der Waals surface area (Å²) in [5.74, 6) is 1.18. The monoisotopic (exact) mass is 447 g/mol. The number of ether oxygens (including phenoxy) is 1. The first-order chi connectivity index (χ1) is 15.5.